The first-order chi connectivity index (χ1) is 9.65. The summed E-state index contributed by atoms with van der Waals surface area (Å²) in [5.41, 5.74) is 1.94. The first-order valence-corrected chi connectivity index (χ1v) is 7.98. The Morgan fingerprint density at radius 3 is 2.65 bits per heavy atom. The van der Waals surface area contributed by atoms with E-state index >= 15 is 0 Å². The van der Waals surface area contributed by atoms with Gasteiger partial charge in [0.1, 0.15) is 5.82 Å². The van der Waals surface area contributed by atoms with Crippen LogP contribution >= 0.6 is 0 Å². The maximum atomic E-state index is 12.2. The Labute approximate surface area is 120 Å². The van der Waals surface area contributed by atoms with E-state index in [4.69, 9.17) is 4.98 Å². The molecule has 4 nitrogen and oxygen atoms in total. The van der Waals surface area contributed by atoms with Crippen LogP contribution in [0.4, 0.5) is 0 Å². The van der Waals surface area contributed by atoms with Gasteiger partial charge in [0.25, 0.3) is 5.56 Å². The van der Waals surface area contributed by atoms with Crippen LogP contribution in [0.5, 0.6) is 0 Å². The van der Waals surface area contributed by atoms with Crippen molar-refractivity contribution in [1.29, 1.82) is 0 Å². The van der Waals surface area contributed by atoms with Gasteiger partial charge in [-0.3, -0.25) is 4.79 Å². The molecule has 4 heteroatoms. The molecule has 0 aromatic carbocycles. The monoisotopic (exact) mass is 275 g/mol. The van der Waals surface area contributed by atoms with E-state index in [0.717, 1.165) is 41.9 Å². The summed E-state index contributed by atoms with van der Waals surface area (Å²) in [4.78, 5) is 20.0. The lowest BCUT2D eigenvalue weighted by molar-refractivity contribution is 0.254. The number of aromatic amines is 1. The first-order valence-electron chi connectivity index (χ1n) is 7.98. The second kappa shape index (κ2) is 5.68. The quantitative estimate of drug-likeness (QED) is 0.871. The number of fused-ring (bicyclic) bond motifs is 1. The average molecular weight is 275 g/mol. The van der Waals surface area contributed by atoms with Crippen LogP contribution in [-0.2, 0) is 13.0 Å². The lowest BCUT2D eigenvalue weighted by atomic mass is 9.76. The van der Waals surface area contributed by atoms with Crippen LogP contribution < -0.4 is 10.9 Å². The minimum absolute atomic E-state index is 0.0724. The van der Waals surface area contributed by atoms with Crippen LogP contribution in [0.25, 0.3) is 0 Å². The SMILES string of the molecule is CC(C)C1CCC(c2nc3c(c(=O)[nH]2)CNCC3)CC1. The summed E-state index contributed by atoms with van der Waals surface area (Å²) in [5, 5.41) is 3.24. The van der Waals surface area contributed by atoms with Gasteiger partial charge in [-0.05, 0) is 37.5 Å². The van der Waals surface area contributed by atoms with Gasteiger partial charge in [0.2, 0.25) is 0 Å². The lowest BCUT2D eigenvalue weighted by Gasteiger charge is -2.30. The summed E-state index contributed by atoms with van der Waals surface area (Å²) in [6, 6.07) is 0. The largest absolute Gasteiger partial charge is 0.312 e. The zero-order valence-corrected chi connectivity index (χ0v) is 12.5. The Hall–Kier alpha value is -1.16. The summed E-state index contributed by atoms with van der Waals surface area (Å²) >= 11 is 0. The number of nitrogens with zero attached hydrogens (tertiary/aromatic N) is 1. The number of hydrogen-bond acceptors (Lipinski definition) is 3. The number of rotatable bonds is 2. The van der Waals surface area contributed by atoms with Crippen LogP contribution in [0.2, 0.25) is 0 Å². The molecule has 0 spiro atoms. The molecule has 2 aliphatic rings. The third kappa shape index (κ3) is 2.66. The van der Waals surface area contributed by atoms with E-state index in [1.807, 2.05) is 0 Å². The molecule has 1 aliphatic carbocycles. The van der Waals surface area contributed by atoms with Crippen LogP contribution in [0, 0.1) is 11.8 Å². The van der Waals surface area contributed by atoms with Crippen molar-refractivity contribution in [3.8, 4) is 0 Å². The molecule has 0 unspecified atom stereocenters. The predicted octanol–water partition coefficient (Wildman–Crippen LogP) is 2.35. The Morgan fingerprint density at radius 1 is 1.20 bits per heavy atom. The highest BCUT2D eigenvalue weighted by Crippen LogP contribution is 2.37. The fourth-order valence-corrected chi connectivity index (χ4v) is 3.63. The Bertz CT molecular complexity index is 527. The zero-order chi connectivity index (χ0) is 14.1. The summed E-state index contributed by atoms with van der Waals surface area (Å²) in [5.74, 6) is 3.02. The normalized spacial score (nSPS) is 26.6. The van der Waals surface area contributed by atoms with Gasteiger partial charge >= 0.3 is 0 Å². The van der Waals surface area contributed by atoms with Gasteiger partial charge in [-0.1, -0.05) is 13.8 Å². The molecular weight excluding hydrogens is 250 g/mol. The van der Waals surface area contributed by atoms with Crippen LogP contribution in [0.15, 0.2) is 4.79 Å². The highest BCUT2D eigenvalue weighted by molar-refractivity contribution is 5.21. The third-order valence-electron chi connectivity index (χ3n) is 5.06. The van der Waals surface area contributed by atoms with Crippen molar-refractivity contribution in [3.63, 3.8) is 0 Å². The molecule has 110 valence electrons. The van der Waals surface area contributed by atoms with E-state index in [0.29, 0.717) is 12.5 Å². The predicted molar refractivity (Wildman–Crippen MR) is 79.8 cm³/mol. The smallest absolute Gasteiger partial charge is 0.255 e. The molecule has 3 rings (SSSR count). The number of aromatic nitrogens is 2. The Balaban J connectivity index is 1.78. The van der Waals surface area contributed by atoms with Crippen molar-refractivity contribution < 1.29 is 0 Å². The van der Waals surface area contributed by atoms with Crippen LogP contribution in [-0.4, -0.2) is 16.5 Å². The van der Waals surface area contributed by atoms with Gasteiger partial charge < -0.3 is 10.3 Å². The van der Waals surface area contributed by atoms with Crippen molar-refractivity contribution in [2.45, 2.75) is 58.4 Å². The van der Waals surface area contributed by atoms with Crippen molar-refractivity contribution in [2.75, 3.05) is 6.54 Å². The lowest BCUT2D eigenvalue weighted by Crippen LogP contribution is -2.33. The molecule has 1 aromatic heterocycles. The minimum Gasteiger partial charge on any atom is -0.312 e. The van der Waals surface area contributed by atoms with Gasteiger partial charge in [-0.25, -0.2) is 4.98 Å². The molecule has 20 heavy (non-hydrogen) atoms. The Kier molecular flexibility index (Phi) is 3.92. The van der Waals surface area contributed by atoms with E-state index in [9.17, 15) is 4.79 Å². The number of nitrogens with one attached hydrogen (secondary N) is 2. The van der Waals surface area contributed by atoms with Gasteiger partial charge in [0, 0.05) is 25.4 Å². The molecule has 0 amide bonds. The highest BCUT2D eigenvalue weighted by Gasteiger charge is 2.26. The maximum Gasteiger partial charge on any atom is 0.255 e. The number of hydrogen-bond donors (Lipinski definition) is 2. The second-order valence-corrected chi connectivity index (χ2v) is 6.66. The van der Waals surface area contributed by atoms with Crippen molar-refractivity contribution in [1.82, 2.24) is 15.3 Å². The fraction of sp³-hybridized carbons (Fsp3) is 0.750. The van der Waals surface area contributed by atoms with Crippen molar-refractivity contribution in [2.24, 2.45) is 11.8 Å². The molecule has 1 aliphatic heterocycles. The molecule has 2 heterocycles. The summed E-state index contributed by atoms with van der Waals surface area (Å²) < 4.78 is 0. The van der Waals surface area contributed by atoms with Crippen LogP contribution in [0.1, 0.15) is 62.5 Å². The average Bonchev–Trinajstić information content (AvgIpc) is 2.47. The van der Waals surface area contributed by atoms with Gasteiger partial charge in [0.15, 0.2) is 0 Å². The first kappa shape index (κ1) is 13.8. The number of H-pyrrole nitrogens is 1. The van der Waals surface area contributed by atoms with Gasteiger partial charge in [0.05, 0.1) is 11.3 Å². The summed E-state index contributed by atoms with van der Waals surface area (Å²) in [6.45, 7) is 6.23. The molecule has 1 aromatic rings. The standard InChI is InChI=1S/C16H25N3O/c1-10(2)11-3-5-12(6-4-11)15-18-14-7-8-17-9-13(14)16(20)19-15/h10-12,17H,3-9H2,1-2H3,(H,18,19,20). The molecule has 1 fully saturated rings. The minimum atomic E-state index is 0.0724. The van der Waals surface area contributed by atoms with E-state index in [1.165, 1.54) is 25.7 Å². The van der Waals surface area contributed by atoms with E-state index in [2.05, 4.69) is 24.1 Å². The van der Waals surface area contributed by atoms with E-state index < -0.39 is 0 Å². The van der Waals surface area contributed by atoms with Crippen LogP contribution in [0.3, 0.4) is 0 Å². The van der Waals surface area contributed by atoms with Gasteiger partial charge in [-0.15, -0.1) is 0 Å². The molecular formula is C16H25N3O. The van der Waals surface area contributed by atoms with E-state index in [-0.39, 0.29) is 5.56 Å². The van der Waals surface area contributed by atoms with Crippen molar-refractivity contribution >= 4 is 0 Å². The molecule has 0 radical (unpaired) electrons. The second-order valence-electron chi connectivity index (χ2n) is 6.66. The fourth-order valence-electron chi connectivity index (χ4n) is 3.63. The topological polar surface area (TPSA) is 57.8 Å². The molecule has 0 atom stereocenters. The maximum absolute atomic E-state index is 12.2. The summed E-state index contributed by atoms with van der Waals surface area (Å²) in [6.07, 6.45) is 5.76. The molecule has 0 bridgehead atoms. The van der Waals surface area contributed by atoms with E-state index in [1.54, 1.807) is 0 Å². The van der Waals surface area contributed by atoms with Crippen molar-refractivity contribution in [3.05, 3.63) is 27.4 Å². The summed E-state index contributed by atoms with van der Waals surface area (Å²) in [7, 11) is 0. The molecule has 1 saturated carbocycles. The Morgan fingerprint density at radius 2 is 1.95 bits per heavy atom. The third-order valence-corrected chi connectivity index (χ3v) is 5.06. The molecule has 2 N–H and O–H groups in total. The van der Waals surface area contributed by atoms with Gasteiger partial charge in [-0.2, -0.15) is 0 Å². The molecule has 0 saturated heterocycles. The highest BCUT2D eigenvalue weighted by atomic mass is 16.1. The zero-order valence-electron chi connectivity index (χ0n) is 12.5.